The summed E-state index contributed by atoms with van der Waals surface area (Å²) in [5, 5.41) is 7.59. The normalized spacial score (nSPS) is 10.7. The van der Waals surface area contributed by atoms with E-state index in [-0.39, 0.29) is 0 Å². The van der Waals surface area contributed by atoms with E-state index in [1.807, 2.05) is 36.0 Å². The lowest BCUT2D eigenvalue weighted by Gasteiger charge is -2.07. The van der Waals surface area contributed by atoms with Gasteiger partial charge in [-0.1, -0.05) is 12.1 Å². The molecular weight excluding hydrogens is 250 g/mol. The Kier molecular flexibility index (Phi) is 3.54. The maximum Gasteiger partial charge on any atom is 0.123 e. The fourth-order valence-corrected chi connectivity index (χ4v) is 2.13. The highest BCUT2D eigenvalue weighted by Gasteiger charge is 2.00. The smallest absolute Gasteiger partial charge is 0.123 e. The van der Waals surface area contributed by atoms with Crippen molar-refractivity contribution in [2.45, 2.75) is 20.0 Å². The van der Waals surface area contributed by atoms with Crippen LogP contribution >= 0.6 is 0 Å². The van der Waals surface area contributed by atoms with Crippen molar-refractivity contribution in [3.8, 4) is 0 Å². The predicted octanol–water partition coefficient (Wildman–Crippen LogP) is 3.44. The Bertz CT molecular complexity index is 671. The van der Waals surface area contributed by atoms with Crippen LogP contribution in [0.4, 0.5) is 5.69 Å². The first-order valence-electron chi connectivity index (χ1n) is 6.65. The van der Waals surface area contributed by atoms with Crippen LogP contribution in [0.3, 0.4) is 0 Å². The quantitative estimate of drug-likeness (QED) is 0.770. The first kappa shape index (κ1) is 12.5. The van der Waals surface area contributed by atoms with Crippen LogP contribution in [-0.2, 0) is 13.1 Å². The van der Waals surface area contributed by atoms with E-state index in [2.05, 4.69) is 34.7 Å². The molecule has 0 aliphatic carbocycles. The van der Waals surface area contributed by atoms with Crippen LogP contribution in [-0.4, -0.2) is 9.78 Å². The Hall–Kier alpha value is -2.49. The van der Waals surface area contributed by atoms with Gasteiger partial charge in [-0.25, -0.2) is 0 Å². The first-order valence-corrected chi connectivity index (χ1v) is 6.65. The van der Waals surface area contributed by atoms with Gasteiger partial charge in [-0.05, 0) is 42.8 Å². The predicted molar refractivity (Wildman–Crippen MR) is 78.5 cm³/mol. The molecule has 0 aliphatic heterocycles. The SMILES string of the molecule is Cc1ccc(CNc2cccc(Cn3cccn3)c2)o1. The van der Waals surface area contributed by atoms with Gasteiger partial charge >= 0.3 is 0 Å². The number of aryl methyl sites for hydroxylation is 1. The minimum atomic E-state index is 0.694. The van der Waals surface area contributed by atoms with Crippen LogP contribution in [0.25, 0.3) is 0 Å². The van der Waals surface area contributed by atoms with Crippen molar-refractivity contribution in [2.75, 3.05) is 5.32 Å². The lowest BCUT2D eigenvalue weighted by atomic mass is 10.2. The van der Waals surface area contributed by atoms with E-state index in [0.29, 0.717) is 6.54 Å². The maximum atomic E-state index is 5.54. The topological polar surface area (TPSA) is 43.0 Å². The van der Waals surface area contributed by atoms with Gasteiger partial charge in [0, 0.05) is 18.1 Å². The van der Waals surface area contributed by atoms with Crippen LogP contribution in [0.1, 0.15) is 17.1 Å². The molecule has 0 radical (unpaired) electrons. The van der Waals surface area contributed by atoms with Gasteiger partial charge in [0.05, 0.1) is 13.1 Å². The molecule has 3 rings (SSSR count). The number of nitrogens with zero attached hydrogens (tertiary/aromatic N) is 2. The number of hydrogen-bond acceptors (Lipinski definition) is 3. The summed E-state index contributed by atoms with van der Waals surface area (Å²) in [6.45, 7) is 3.43. The number of anilines is 1. The van der Waals surface area contributed by atoms with E-state index in [0.717, 1.165) is 23.8 Å². The molecular formula is C16H17N3O. The van der Waals surface area contributed by atoms with E-state index in [1.165, 1.54) is 5.56 Å². The Morgan fingerprint density at radius 2 is 2.15 bits per heavy atom. The average Bonchev–Trinajstić information content (AvgIpc) is 3.09. The molecule has 0 atom stereocenters. The highest BCUT2D eigenvalue weighted by molar-refractivity contribution is 5.45. The van der Waals surface area contributed by atoms with E-state index < -0.39 is 0 Å². The molecule has 2 heterocycles. The monoisotopic (exact) mass is 267 g/mol. The van der Waals surface area contributed by atoms with Crippen molar-refractivity contribution in [2.24, 2.45) is 0 Å². The molecule has 1 aromatic carbocycles. The minimum Gasteiger partial charge on any atom is -0.465 e. The minimum absolute atomic E-state index is 0.694. The van der Waals surface area contributed by atoms with Crippen LogP contribution < -0.4 is 5.32 Å². The zero-order chi connectivity index (χ0) is 13.8. The number of aromatic nitrogens is 2. The third kappa shape index (κ3) is 3.09. The molecule has 4 nitrogen and oxygen atoms in total. The molecule has 1 N–H and O–H groups in total. The largest absolute Gasteiger partial charge is 0.465 e. The van der Waals surface area contributed by atoms with Crippen molar-refractivity contribution in [1.29, 1.82) is 0 Å². The van der Waals surface area contributed by atoms with Gasteiger partial charge in [0.15, 0.2) is 0 Å². The van der Waals surface area contributed by atoms with Crippen molar-refractivity contribution in [3.05, 3.63) is 71.9 Å². The van der Waals surface area contributed by atoms with Crippen LogP contribution in [0.5, 0.6) is 0 Å². The van der Waals surface area contributed by atoms with Gasteiger partial charge in [-0.2, -0.15) is 5.10 Å². The molecule has 0 bridgehead atoms. The molecule has 0 spiro atoms. The summed E-state index contributed by atoms with van der Waals surface area (Å²) in [6.07, 6.45) is 3.76. The van der Waals surface area contributed by atoms with E-state index in [1.54, 1.807) is 6.20 Å². The zero-order valence-electron chi connectivity index (χ0n) is 11.4. The van der Waals surface area contributed by atoms with Crippen molar-refractivity contribution >= 4 is 5.69 Å². The molecule has 0 amide bonds. The number of rotatable bonds is 5. The van der Waals surface area contributed by atoms with Gasteiger partial charge in [-0.15, -0.1) is 0 Å². The lowest BCUT2D eigenvalue weighted by Crippen LogP contribution is -2.02. The van der Waals surface area contributed by atoms with Crippen LogP contribution in [0.2, 0.25) is 0 Å². The van der Waals surface area contributed by atoms with Gasteiger partial charge in [-0.3, -0.25) is 4.68 Å². The van der Waals surface area contributed by atoms with Crippen molar-refractivity contribution in [3.63, 3.8) is 0 Å². The number of furan rings is 1. The molecule has 0 fully saturated rings. The summed E-state index contributed by atoms with van der Waals surface area (Å²) in [6, 6.07) is 14.3. The summed E-state index contributed by atoms with van der Waals surface area (Å²) in [5.41, 5.74) is 2.30. The molecule has 0 saturated heterocycles. The highest BCUT2D eigenvalue weighted by atomic mass is 16.3. The second-order valence-electron chi connectivity index (χ2n) is 4.77. The summed E-state index contributed by atoms with van der Waals surface area (Å²) >= 11 is 0. The Morgan fingerprint density at radius 1 is 1.20 bits per heavy atom. The molecule has 0 unspecified atom stereocenters. The zero-order valence-corrected chi connectivity index (χ0v) is 11.4. The Morgan fingerprint density at radius 3 is 2.90 bits per heavy atom. The maximum absolute atomic E-state index is 5.54. The summed E-state index contributed by atoms with van der Waals surface area (Å²) < 4.78 is 7.46. The third-order valence-electron chi connectivity index (χ3n) is 3.09. The summed E-state index contributed by atoms with van der Waals surface area (Å²) in [7, 11) is 0. The van der Waals surface area contributed by atoms with Gasteiger partial charge < -0.3 is 9.73 Å². The van der Waals surface area contributed by atoms with Crippen LogP contribution in [0.15, 0.2) is 59.3 Å². The molecule has 4 heteroatoms. The molecule has 0 aliphatic rings. The first-order chi connectivity index (χ1) is 9.79. The molecule has 0 saturated carbocycles. The van der Waals surface area contributed by atoms with Crippen molar-refractivity contribution in [1.82, 2.24) is 9.78 Å². The molecule has 2 aromatic heterocycles. The van der Waals surface area contributed by atoms with Gasteiger partial charge in [0.1, 0.15) is 11.5 Å². The van der Waals surface area contributed by atoms with E-state index in [9.17, 15) is 0 Å². The molecule has 3 aromatic rings. The van der Waals surface area contributed by atoms with Crippen molar-refractivity contribution < 1.29 is 4.42 Å². The second-order valence-corrected chi connectivity index (χ2v) is 4.77. The van der Waals surface area contributed by atoms with E-state index in [4.69, 9.17) is 4.42 Å². The second kappa shape index (κ2) is 5.65. The van der Waals surface area contributed by atoms with Gasteiger partial charge in [0.2, 0.25) is 0 Å². The summed E-state index contributed by atoms with van der Waals surface area (Å²) in [4.78, 5) is 0. The standard InChI is InChI=1S/C16H17N3O/c1-13-6-7-16(20-13)11-17-15-5-2-4-14(10-15)12-19-9-3-8-18-19/h2-10,17H,11-12H2,1H3. The molecule has 102 valence electrons. The third-order valence-corrected chi connectivity index (χ3v) is 3.09. The number of hydrogen-bond donors (Lipinski definition) is 1. The Labute approximate surface area is 118 Å². The average molecular weight is 267 g/mol. The number of nitrogens with one attached hydrogen (secondary N) is 1. The fourth-order valence-electron chi connectivity index (χ4n) is 2.13. The highest BCUT2D eigenvalue weighted by Crippen LogP contribution is 2.14. The van der Waals surface area contributed by atoms with E-state index >= 15 is 0 Å². The van der Waals surface area contributed by atoms with Gasteiger partial charge in [0.25, 0.3) is 0 Å². The fraction of sp³-hybridized carbons (Fsp3) is 0.188. The lowest BCUT2D eigenvalue weighted by molar-refractivity contribution is 0.490. The number of benzene rings is 1. The Balaban J connectivity index is 1.65. The summed E-state index contributed by atoms with van der Waals surface area (Å²) in [5.74, 6) is 1.88. The molecule has 20 heavy (non-hydrogen) atoms. The van der Waals surface area contributed by atoms with Crippen LogP contribution in [0, 0.1) is 6.92 Å².